The number of ether oxygens (including phenoxy) is 1. The molecule has 1 N–H and O–H groups in total. The third-order valence-electron chi connectivity index (χ3n) is 4.55. The summed E-state index contributed by atoms with van der Waals surface area (Å²) in [7, 11) is 1.59. The van der Waals surface area contributed by atoms with Crippen molar-refractivity contribution in [3.05, 3.63) is 59.2 Å². The molecule has 5 heteroatoms. The number of carbonyl (C=O) groups excluding carboxylic acids is 1. The first-order valence-electron chi connectivity index (χ1n) is 8.99. The van der Waals surface area contributed by atoms with Crippen LogP contribution in [0.3, 0.4) is 0 Å². The summed E-state index contributed by atoms with van der Waals surface area (Å²) in [6, 6.07) is 13.8. The van der Waals surface area contributed by atoms with Crippen LogP contribution in [-0.2, 0) is 11.2 Å². The normalized spacial score (nSPS) is 10.8. The molecule has 0 saturated heterocycles. The van der Waals surface area contributed by atoms with E-state index in [1.165, 1.54) is 28.3 Å². The quantitative estimate of drug-likeness (QED) is 0.601. The number of aryl methyl sites for hydroxylation is 3. The van der Waals surface area contributed by atoms with Gasteiger partial charge in [-0.15, -0.1) is 0 Å². The summed E-state index contributed by atoms with van der Waals surface area (Å²) in [6.45, 7) is 6.30. The third kappa shape index (κ3) is 4.25. The Morgan fingerprint density at radius 1 is 1.15 bits per heavy atom. The van der Waals surface area contributed by atoms with E-state index in [-0.39, 0.29) is 5.91 Å². The van der Waals surface area contributed by atoms with Gasteiger partial charge in [0, 0.05) is 5.39 Å². The van der Waals surface area contributed by atoms with Gasteiger partial charge in [0.05, 0.1) is 24.1 Å². The van der Waals surface area contributed by atoms with Crippen LogP contribution in [0.5, 0.6) is 5.75 Å². The number of nitrogens with one attached hydrogen (secondary N) is 1. The SMILES string of the molecule is CCc1cc2c(C)ccc(C)c2nc1SCC(=O)Nc1ccccc1OC. The highest BCUT2D eigenvalue weighted by atomic mass is 32.2. The summed E-state index contributed by atoms with van der Waals surface area (Å²) in [5.41, 5.74) is 5.24. The predicted molar refractivity (Wildman–Crippen MR) is 113 cm³/mol. The van der Waals surface area contributed by atoms with Crippen molar-refractivity contribution in [3.8, 4) is 5.75 Å². The number of methoxy groups -OCH3 is 1. The smallest absolute Gasteiger partial charge is 0.234 e. The van der Waals surface area contributed by atoms with Gasteiger partial charge in [0.2, 0.25) is 5.91 Å². The van der Waals surface area contributed by atoms with Gasteiger partial charge in [0.1, 0.15) is 10.8 Å². The maximum atomic E-state index is 12.4. The zero-order chi connectivity index (χ0) is 19.4. The van der Waals surface area contributed by atoms with Crippen molar-refractivity contribution in [2.45, 2.75) is 32.2 Å². The van der Waals surface area contributed by atoms with Gasteiger partial charge in [-0.2, -0.15) is 0 Å². The molecule has 0 aliphatic heterocycles. The van der Waals surface area contributed by atoms with E-state index in [0.717, 1.165) is 22.5 Å². The highest BCUT2D eigenvalue weighted by Gasteiger charge is 2.13. The van der Waals surface area contributed by atoms with Crippen LogP contribution < -0.4 is 10.1 Å². The van der Waals surface area contributed by atoms with Crippen molar-refractivity contribution in [2.24, 2.45) is 0 Å². The average Bonchev–Trinajstić information content (AvgIpc) is 2.69. The van der Waals surface area contributed by atoms with Gasteiger partial charge in [-0.25, -0.2) is 4.98 Å². The molecule has 4 nitrogen and oxygen atoms in total. The van der Waals surface area contributed by atoms with E-state index in [9.17, 15) is 4.79 Å². The third-order valence-corrected chi connectivity index (χ3v) is 5.58. The number of fused-ring (bicyclic) bond motifs is 1. The highest BCUT2D eigenvalue weighted by Crippen LogP contribution is 2.29. The first kappa shape index (κ1) is 19.2. The number of pyridine rings is 1. The van der Waals surface area contributed by atoms with E-state index >= 15 is 0 Å². The standard InChI is InChI=1S/C22H24N2O2S/c1-5-16-12-17-14(2)10-11-15(3)21(17)24-22(16)27-13-20(25)23-18-8-6-7-9-19(18)26-4/h6-12H,5,13H2,1-4H3,(H,23,25). The molecule has 3 aromatic rings. The second-order valence-electron chi connectivity index (χ2n) is 6.44. The number of hydrogen-bond acceptors (Lipinski definition) is 4. The molecule has 1 aromatic heterocycles. The van der Waals surface area contributed by atoms with E-state index < -0.39 is 0 Å². The second kappa shape index (κ2) is 8.44. The topological polar surface area (TPSA) is 51.2 Å². The van der Waals surface area contributed by atoms with E-state index in [0.29, 0.717) is 17.2 Å². The molecule has 0 radical (unpaired) electrons. The summed E-state index contributed by atoms with van der Waals surface area (Å²) < 4.78 is 5.28. The van der Waals surface area contributed by atoms with Gasteiger partial charge in [-0.05, 0) is 55.2 Å². The number of thioether (sulfide) groups is 1. The lowest BCUT2D eigenvalue weighted by Gasteiger charge is -2.13. The van der Waals surface area contributed by atoms with Crippen LogP contribution in [0.25, 0.3) is 10.9 Å². The van der Waals surface area contributed by atoms with Crippen LogP contribution in [0.1, 0.15) is 23.6 Å². The fourth-order valence-corrected chi connectivity index (χ4v) is 3.89. The molecule has 0 fully saturated rings. The van der Waals surface area contributed by atoms with Crippen molar-refractivity contribution >= 4 is 34.3 Å². The lowest BCUT2D eigenvalue weighted by Crippen LogP contribution is -2.15. The van der Waals surface area contributed by atoms with Gasteiger partial charge in [0.25, 0.3) is 0 Å². The average molecular weight is 381 g/mol. The Morgan fingerprint density at radius 3 is 2.63 bits per heavy atom. The number of benzene rings is 2. The number of para-hydroxylation sites is 2. The number of hydrogen-bond donors (Lipinski definition) is 1. The first-order chi connectivity index (χ1) is 13.0. The van der Waals surface area contributed by atoms with E-state index in [1.807, 2.05) is 24.3 Å². The molecule has 1 heterocycles. The molecule has 0 spiro atoms. The number of aromatic nitrogens is 1. The van der Waals surface area contributed by atoms with Crippen LogP contribution in [0, 0.1) is 13.8 Å². The molecular formula is C22H24N2O2S. The van der Waals surface area contributed by atoms with Crippen molar-refractivity contribution in [2.75, 3.05) is 18.2 Å². The number of nitrogens with zero attached hydrogens (tertiary/aromatic N) is 1. The predicted octanol–water partition coefficient (Wildman–Crippen LogP) is 5.15. The minimum atomic E-state index is -0.0746. The van der Waals surface area contributed by atoms with Gasteiger partial charge in [-0.1, -0.05) is 43.0 Å². The fourth-order valence-electron chi connectivity index (χ4n) is 3.00. The van der Waals surface area contributed by atoms with Gasteiger partial charge >= 0.3 is 0 Å². The monoisotopic (exact) mass is 380 g/mol. The molecule has 0 aliphatic carbocycles. The van der Waals surface area contributed by atoms with E-state index in [2.05, 4.69) is 44.3 Å². The van der Waals surface area contributed by atoms with Crippen molar-refractivity contribution < 1.29 is 9.53 Å². The molecule has 0 unspecified atom stereocenters. The molecule has 0 saturated carbocycles. The molecular weight excluding hydrogens is 356 g/mol. The summed E-state index contributed by atoms with van der Waals surface area (Å²) in [5, 5.41) is 5.03. The number of anilines is 1. The molecule has 0 aliphatic rings. The Bertz CT molecular complexity index is 985. The zero-order valence-electron chi connectivity index (χ0n) is 16.1. The second-order valence-corrected chi connectivity index (χ2v) is 7.40. The summed E-state index contributed by atoms with van der Waals surface area (Å²) in [4.78, 5) is 17.3. The number of carbonyl (C=O) groups is 1. The van der Waals surface area contributed by atoms with Crippen LogP contribution >= 0.6 is 11.8 Å². The Hall–Kier alpha value is -2.53. The van der Waals surface area contributed by atoms with Crippen LogP contribution in [0.4, 0.5) is 5.69 Å². The van der Waals surface area contributed by atoms with Crippen LogP contribution in [-0.4, -0.2) is 23.8 Å². The van der Waals surface area contributed by atoms with Crippen LogP contribution in [0.2, 0.25) is 0 Å². The Morgan fingerprint density at radius 2 is 1.89 bits per heavy atom. The van der Waals surface area contributed by atoms with Crippen LogP contribution in [0.15, 0.2) is 47.5 Å². The molecule has 3 rings (SSSR count). The largest absolute Gasteiger partial charge is 0.495 e. The number of rotatable bonds is 6. The fraction of sp³-hybridized carbons (Fsp3) is 0.273. The number of amides is 1. The Labute approximate surface area is 164 Å². The van der Waals surface area contributed by atoms with Gasteiger partial charge < -0.3 is 10.1 Å². The summed E-state index contributed by atoms with van der Waals surface area (Å²) >= 11 is 1.48. The van der Waals surface area contributed by atoms with E-state index in [1.54, 1.807) is 7.11 Å². The Kier molecular flexibility index (Phi) is 6.01. The Balaban J connectivity index is 1.80. The maximum Gasteiger partial charge on any atom is 0.234 e. The summed E-state index contributed by atoms with van der Waals surface area (Å²) in [6.07, 6.45) is 0.882. The minimum Gasteiger partial charge on any atom is -0.495 e. The molecule has 0 bridgehead atoms. The van der Waals surface area contributed by atoms with Crippen molar-refractivity contribution in [1.82, 2.24) is 4.98 Å². The summed E-state index contributed by atoms with van der Waals surface area (Å²) in [5.74, 6) is 0.878. The van der Waals surface area contributed by atoms with Gasteiger partial charge in [-0.3, -0.25) is 4.79 Å². The lowest BCUT2D eigenvalue weighted by atomic mass is 10.0. The molecule has 27 heavy (non-hydrogen) atoms. The molecule has 2 aromatic carbocycles. The maximum absolute atomic E-state index is 12.4. The van der Waals surface area contributed by atoms with E-state index in [4.69, 9.17) is 9.72 Å². The van der Waals surface area contributed by atoms with Crippen molar-refractivity contribution in [1.29, 1.82) is 0 Å². The van der Waals surface area contributed by atoms with Crippen molar-refractivity contribution in [3.63, 3.8) is 0 Å². The zero-order valence-corrected chi connectivity index (χ0v) is 16.9. The molecule has 0 atom stereocenters. The first-order valence-corrected chi connectivity index (χ1v) is 9.97. The van der Waals surface area contributed by atoms with Gasteiger partial charge in [0.15, 0.2) is 0 Å². The molecule has 140 valence electrons. The lowest BCUT2D eigenvalue weighted by molar-refractivity contribution is -0.113. The molecule has 1 amide bonds. The minimum absolute atomic E-state index is 0.0746. The highest BCUT2D eigenvalue weighted by molar-refractivity contribution is 8.00.